The van der Waals surface area contributed by atoms with Crippen molar-refractivity contribution < 1.29 is 4.42 Å². The molecule has 0 aliphatic heterocycles. The minimum atomic E-state index is 0.625. The van der Waals surface area contributed by atoms with Gasteiger partial charge in [-0.1, -0.05) is 182 Å². The molecule has 0 atom stereocenters. The predicted molar refractivity (Wildman–Crippen MR) is 235 cm³/mol. The van der Waals surface area contributed by atoms with Crippen LogP contribution >= 0.6 is 0 Å². The molecule has 0 saturated carbocycles. The van der Waals surface area contributed by atoms with Gasteiger partial charge >= 0.3 is 0 Å². The van der Waals surface area contributed by atoms with Gasteiger partial charge < -0.3 is 4.42 Å². The van der Waals surface area contributed by atoms with Gasteiger partial charge in [0.25, 0.3) is 0 Å². The Morgan fingerprint density at radius 1 is 0.281 bits per heavy atom. The van der Waals surface area contributed by atoms with Crippen molar-refractivity contribution in [2.75, 3.05) is 0 Å². The maximum atomic E-state index is 6.61. The fourth-order valence-corrected chi connectivity index (χ4v) is 8.07. The SMILES string of the molecule is c1ccc(-c2ccc(-c3nc(-c4ccccc4)nc(-c4ccc(-c5cc6c7cc(-c8cccc9ccccc89)ccc7oc6c6ccccc56)cc4)n3)cc2)cc1. The summed E-state index contributed by atoms with van der Waals surface area (Å²) in [6, 6.07) is 69.9. The van der Waals surface area contributed by atoms with Crippen LogP contribution < -0.4 is 0 Å². The van der Waals surface area contributed by atoms with Gasteiger partial charge in [0, 0.05) is 32.8 Å². The van der Waals surface area contributed by atoms with Crippen molar-refractivity contribution in [1.82, 2.24) is 15.0 Å². The van der Waals surface area contributed by atoms with Gasteiger partial charge in [-0.2, -0.15) is 0 Å². The van der Waals surface area contributed by atoms with Gasteiger partial charge in [-0.25, -0.2) is 15.0 Å². The topological polar surface area (TPSA) is 51.8 Å². The molecule has 266 valence electrons. The fraction of sp³-hybridized carbons (Fsp3) is 0. The average molecular weight is 728 g/mol. The summed E-state index contributed by atoms with van der Waals surface area (Å²) in [4.78, 5) is 15.0. The summed E-state index contributed by atoms with van der Waals surface area (Å²) in [5.74, 6) is 1.89. The molecule has 4 heteroatoms. The lowest BCUT2D eigenvalue weighted by Gasteiger charge is -2.11. The van der Waals surface area contributed by atoms with Crippen LogP contribution in [0.4, 0.5) is 0 Å². The summed E-state index contributed by atoms with van der Waals surface area (Å²) in [5, 5.41) is 6.88. The summed E-state index contributed by atoms with van der Waals surface area (Å²) >= 11 is 0. The van der Waals surface area contributed by atoms with E-state index in [0.717, 1.165) is 66.1 Å². The molecule has 11 aromatic rings. The summed E-state index contributed by atoms with van der Waals surface area (Å²) in [6.07, 6.45) is 0. The number of nitrogens with zero attached hydrogens (tertiary/aromatic N) is 3. The average Bonchev–Trinajstić information content (AvgIpc) is 3.67. The highest BCUT2D eigenvalue weighted by molar-refractivity contribution is 6.19. The van der Waals surface area contributed by atoms with Crippen LogP contribution in [0, 0.1) is 0 Å². The van der Waals surface area contributed by atoms with Gasteiger partial charge in [0.1, 0.15) is 11.2 Å². The van der Waals surface area contributed by atoms with E-state index in [1.807, 2.05) is 36.4 Å². The first-order chi connectivity index (χ1) is 28.2. The number of fused-ring (bicyclic) bond motifs is 6. The minimum Gasteiger partial charge on any atom is -0.455 e. The minimum absolute atomic E-state index is 0.625. The second-order valence-electron chi connectivity index (χ2n) is 14.4. The molecule has 0 unspecified atom stereocenters. The van der Waals surface area contributed by atoms with Crippen LogP contribution in [0.2, 0.25) is 0 Å². The van der Waals surface area contributed by atoms with Gasteiger partial charge in [0.15, 0.2) is 17.5 Å². The van der Waals surface area contributed by atoms with Crippen LogP contribution in [-0.4, -0.2) is 15.0 Å². The lowest BCUT2D eigenvalue weighted by Crippen LogP contribution is -2.00. The van der Waals surface area contributed by atoms with Gasteiger partial charge in [-0.3, -0.25) is 0 Å². The normalized spacial score (nSPS) is 11.5. The van der Waals surface area contributed by atoms with E-state index in [1.54, 1.807) is 0 Å². The molecule has 0 N–H and O–H groups in total. The van der Waals surface area contributed by atoms with Crippen molar-refractivity contribution in [2.45, 2.75) is 0 Å². The summed E-state index contributed by atoms with van der Waals surface area (Å²) in [6.45, 7) is 0. The fourth-order valence-electron chi connectivity index (χ4n) is 8.07. The zero-order chi connectivity index (χ0) is 37.7. The zero-order valence-corrected chi connectivity index (χ0v) is 30.8. The molecule has 0 saturated heterocycles. The molecular formula is C53H33N3O. The molecule has 4 nitrogen and oxygen atoms in total. The molecular weight excluding hydrogens is 695 g/mol. The molecule has 0 spiro atoms. The second kappa shape index (κ2) is 13.6. The number of furan rings is 1. The molecule has 9 aromatic carbocycles. The highest BCUT2D eigenvalue weighted by atomic mass is 16.3. The quantitative estimate of drug-likeness (QED) is 0.171. The van der Waals surface area contributed by atoms with Crippen LogP contribution in [0.25, 0.3) is 111 Å². The van der Waals surface area contributed by atoms with Crippen molar-refractivity contribution in [3.05, 3.63) is 200 Å². The van der Waals surface area contributed by atoms with E-state index < -0.39 is 0 Å². The molecule has 0 fully saturated rings. The maximum Gasteiger partial charge on any atom is 0.164 e. The van der Waals surface area contributed by atoms with Crippen LogP contribution in [0.3, 0.4) is 0 Å². The third-order valence-electron chi connectivity index (χ3n) is 10.9. The molecule has 2 heterocycles. The molecule has 0 radical (unpaired) electrons. The Labute approximate surface area is 329 Å². The van der Waals surface area contributed by atoms with E-state index in [4.69, 9.17) is 19.4 Å². The highest BCUT2D eigenvalue weighted by Crippen LogP contribution is 2.42. The Morgan fingerprint density at radius 3 is 1.46 bits per heavy atom. The first-order valence-electron chi connectivity index (χ1n) is 19.2. The predicted octanol–water partition coefficient (Wildman–Crippen LogP) is 14.1. The van der Waals surface area contributed by atoms with E-state index in [-0.39, 0.29) is 0 Å². The van der Waals surface area contributed by atoms with Gasteiger partial charge in [0.2, 0.25) is 0 Å². The van der Waals surface area contributed by atoms with Crippen molar-refractivity contribution in [3.8, 4) is 67.5 Å². The van der Waals surface area contributed by atoms with Crippen LogP contribution in [0.5, 0.6) is 0 Å². The number of aromatic nitrogens is 3. The molecule has 0 amide bonds. The number of hydrogen-bond acceptors (Lipinski definition) is 4. The number of rotatable bonds is 6. The van der Waals surface area contributed by atoms with Gasteiger partial charge in [-0.05, 0) is 67.7 Å². The molecule has 11 rings (SSSR count). The van der Waals surface area contributed by atoms with Gasteiger partial charge in [-0.15, -0.1) is 0 Å². The van der Waals surface area contributed by atoms with Crippen molar-refractivity contribution in [1.29, 1.82) is 0 Å². The molecule has 2 aromatic heterocycles. The van der Waals surface area contributed by atoms with Crippen molar-refractivity contribution in [3.63, 3.8) is 0 Å². The number of hydrogen-bond donors (Lipinski definition) is 0. The number of benzene rings is 9. The van der Waals surface area contributed by atoms with E-state index >= 15 is 0 Å². The summed E-state index contributed by atoms with van der Waals surface area (Å²) in [5.41, 5.74) is 11.5. The Bertz CT molecular complexity index is 3260. The molecule has 0 aliphatic rings. The standard InChI is InChI=1S/C53H33N3O/c1-3-12-34(13-4-1)35-22-26-39(27-23-35)52-54-51(38-15-5-2-6-16-38)55-53(56-52)40-28-24-37(25-29-40)46-33-48-47-32-41(43-21-11-17-36-14-7-8-18-42(36)43)30-31-49(47)57-50(48)45-20-10-9-19-44(45)46/h1-33H. The Kier molecular flexibility index (Phi) is 7.78. The highest BCUT2D eigenvalue weighted by Gasteiger charge is 2.17. The lowest BCUT2D eigenvalue weighted by molar-refractivity contribution is 0.673. The third kappa shape index (κ3) is 5.83. The smallest absolute Gasteiger partial charge is 0.164 e. The third-order valence-corrected chi connectivity index (χ3v) is 10.9. The van der Waals surface area contributed by atoms with E-state index in [2.05, 4.69) is 164 Å². The molecule has 0 bridgehead atoms. The lowest BCUT2D eigenvalue weighted by atomic mass is 9.93. The van der Waals surface area contributed by atoms with Crippen LogP contribution in [0.15, 0.2) is 205 Å². The molecule has 0 aliphatic carbocycles. The monoisotopic (exact) mass is 727 g/mol. The van der Waals surface area contributed by atoms with E-state index in [1.165, 1.54) is 27.5 Å². The first kappa shape index (κ1) is 32.7. The van der Waals surface area contributed by atoms with Crippen LogP contribution in [0.1, 0.15) is 0 Å². The van der Waals surface area contributed by atoms with Crippen molar-refractivity contribution >= 4 is 43.5 Å². The largest absolute Gasteiger partial charge is 0.455 e. The maximum absolute atomic E-state index is 6.61. The second-order valence-corrected chi connectivity index (χ2v) is 14.4. The van der Waals surface area contributed by atoms with Crippen LogP contribution in [-0.2, 0) is 0 Å². The summed E-state index contributed by atoms with van der Waals surface area (Å²) in [7, 11) is 0. The summed E-state index contributed by atoms with van der Waals surface area (Å²) < 4.78 is 6.61. The Morgan fingerprint density at radius 2 is 0.772 bits per heavy atom. The molecule has 57 heavy (non-hydrogen) atoms. The Hall–Kier alpha value is -7.69. The first-order valence-corrected chi connectivity index (χ1v) is 19.2. The zero-order valence-electron chi connectivity index (χ0n) is 30.8. The Balaban J connectivity index is 1.01. The van der Waals surface area contributed by atoms with Gasteiger partial charge in [0.05, 0.1) is 0 Å². The van der Waals surface area contributed by atoms with Crippen molar-refractivity contribution in [2.24, 2.45) is 0 Å². The van der Waals surface area contributed by atoms with E-state index in [0.29, 0.717) is 17.5 Å². The van der Waals surface area contributed by atoms with E-state index in [9.17, 15) is 0 Å².